The highest BCUT2D eigenvalue weighted by molar-refractivity contribution is 5.77. The Hall–Kier alpha value is -2.99. The lowest BCUT2D eigenvalue weighted by Crippen LogP contribution is -2.69. The van der Waals surface area contributed by atoms with Crippen LogP contribution in [0, 0.1) is 5.92 Å². The van der Waals surface area contributed by atoms with Crippen LogP contribution in [0.4, 0.5) is 0 Å². The molecular weight excluding hydrogens is 536 g/mol. The monoisotopic (exact) mass is 586 g/mol. The number of methoxy groups -OCH3 is 1. The van der Waals surface area contributed by atoms with Gasteiger partial charge >= 0.3 is 0 Å². The number of rotatable bonds is 14. The van der Waals surface area contributed by atoms with Gasteiger partial charge in [-0.15, -0.1) is 6.58 Å². The maximum absolute atomic E-state index is 14.1. The van der Waals surface area contributed by atoms with Crippen molar-refractivity contribution in [1.82, 2.24) is 9.80 Å². The topological polar surface area (TPSA) is 62.2 Å². The van der Waals surface area contributed by atoms with Crippen LogP contribution >= 0.6 is 0 Å². The zero-order valence-corrected chi connectivity index (χ0v) is 26.2. The average Bonchev–Trinajstić information content (AvgIpc) is 3.36. The molecule has 232 valence electrons. The Morgan fingerprint density at radius 3 is 2.79 bits per heavy atom. The van der Waals surface area contributed by atoms with Crippen molar-refractivity contribution < 1.29 is 19.4 Å². The van der Waals surface area contributed by atoms with Crippen molar-refractivity contribution in [3.05, 3.63) is 65.7 Å². The molecule has 2 fully saturated rings. The van der Waals surface area contributed by atoms with Crippen LogP contribution in [0.15, 0.2) is 49.1 Å². The Labute approximate surface area is 258 Å². The number of unbranched alkanes of at least 4 members (excludes halogenated alkanes) is 4. The standard InChI is InChI=1S/C37H50N2O4/c1-4-6-13-22-39(33(41)17-12-8-11-16-26-14-9-7-10-15-26)29-19-18-28-30-24-27-31(40)25-32(42-3)35-34(27)37(28,36(29)43-35)20-23-38(30)21-5-2/h5,7,9-10,14-15,25,28-30,36,40H,2,4,6,8,11-13,16-24H2,1,3H3/t28-,29+,30+,36-,37-/m0/s1. The second-order valence-electron chi connectivity index (χ2n) is 13.3. The van der Waals surface area contributed by atoms with Gasteiger partial charge in [0.25, 0.3) is 0 Å². The van der Waals surface area contributed by atoms with Gasteiger partial charge in [0.15, 0.2) is 11.5 Å². The van der Waals surface area contributed by atoms with Crippen LogP contribution in [0.1, 0.15) is 87.8 Å². The van der Waals surface area contributed by atoms with Crippen molar-refractivity contribution >= 4 is 5.91 Å². The van der Waals surface area contributed by atoms with Crippen molar-refractivity contribution in [3.8, 4) is 17.2 Å². The molecule has 4 aliphatic rings. The van der Waals surface area contributed by atoms with E-state index in [-0.39, 0.29) is 23.5 Å². The third-order valence-electron chi connectivity index (χ3n) is 11.0. The predicted molar refractivity (Wildman–Crippen MR) is 171 cm³/mol. The Balaban J connectivity index is 1.26. The van der Waals surface area contributed by atoms with Gasteiger partial charge in [0.05, 0.1) is 13.2 Å². The molecule has 6 nitrogen and oxygen atoms in total. The van der Waals surface area contributed by atoms with E-state index in [1.807, 2.05) is 6.08 Å². The molecule has 1 amide bonds. The van der Waals surface area contributed by atoms with Gasteiger partial charge in [-0.25, -0.2) is 0 Å². The first-order valence-corrected chi connectivity index (χ1v) is 16.8. The van der Waals surface area contributed by atoms with Gasteiger partial charge in [-0.2, -0.15) is 0 Å². The minimum atomic E-state index is -0.209. The minimum Gasteiger partial charge on any atom is -0.508 e. The van der Waals surface area contributed by atoms with Gasteiger partial charge in [-0.3, -0.25) is 9.69 Å². The van der Waals surface area contributed by atoms with E-state index < -0.39 is 0 Å². The van der Waals surface area contributed by atoms with E-state index in [4.69, 9.17) is 9.47 Å². The number of hydrogen-bond donors (Lipinski definition) is 1. The summed E-state index contributed by atoms with van der Waals surface area (Å²) in [5.41, 5.74) is 3.37. The number of carbonyl (C=O) groups is 1. The van der Waals surface area contributed by atoms with Crippen molar-refractivity contribution in [3.63, 3.8) is 0 Å². The zero-order chi connectivity index (χ0) is 30.0. The molecule has 1 saturated carbocycles. The number of nitrogens with zero attached hydrogens (tertiary/aromatic N) is 2. The number of carbonyl (C=O) groups excluding carboxylic acids is 1. The summed E-state index contributed by atoms with van der Waals surface area (Å²) in [6.07, 6.45) is 13.7. The second-order valence-corrected chi connectivity index (χ2v) is 13.3. The van der Waals surface area contributed by atoms with E-state index in [9.17, 15) is 9.90 Å². The first kappa shape index (κ1) is 30.1. The first-order chi connectivity index (χ1) is 21.0. The van der Waals surface area contributed by atoms with Crippen LogP contribution < -0.4 is 9.47 Å². The van der Waals surface area contributed by atoms with Crippen molar-refractivity contribution in [2.24, 2.45) is 5.92 Å². The van der Waals surface area contributed by atoms with Gasteiger partial charge in [-0.05, 0) is 69.4 Å². The number of likely N-dealkylation sites (tertiary alicyclic amines) is 1. The maximum Gasteiger partial charge on any atom is 0.222 e. The molecule has 2 aliphatic carbocycles. The quantitative estimate of drug-likeness (QED) is 0.195. The van der Waals surface area contributed by atoms with Crippen LogP contribution in [-0.4, -0.2) is 65.7 Å². The molecule has 2 aliphatic heterocycles. The van der Waals surface area contributed by atoms with Gasteiger partial charge in [-0.1, -0.05) is 62.6 Å². The van der Waals surface area contributed by atoms with Crippen LogP contribution in [0.25, 0.3) is 0 Å². The van der Waals surface area contributed by atoms with E-state index in [0.29, 0.717) is 29.9 Å². The molecule has 2 aromatic carbocycles. The molecule has 0 unspecified atom stereocenters. The van der Waals surface area contributed by atoms with Crippen LogP contribution in [0.2, 0.25) is 0 Å². The molecule has 6 rings (SSSR count). The molecule has 2 aromatic rings. The smallest absolute Gasteiger partial charge is 0.222 e. The lowest BCUT2D eigenvalue weighted by atomic mass is 9.50. The van der Waals surface area contributed by atoms with Gasteiger partial charge in [0.1, 0.15) is 11.9 Å². The average molecular weight is 587 g/mol. The third-order valence-corrected chi connectivity index (χ3v) is 11.0. The minimum absolute atomic E-state index is 0.0294. The van der Waals surface area contributed by atoms with Crippen LogP contribution in [0.3, 0.4) is 0 Å². The number of piperidine rings is 1. The molecule has 5 atom stereocenters. The molecule has 6 heteroatoms. The van der Waals surface area contributed by atoms with Crippen LogP contribution in [-0.2, 0) is 23.1 Å². The number of phenols is 1. The first-order valence-electron chi connectivity index (χ1n) is 16.8. The predicted octanol–water partition coefficient (Wildman–Crippen LogP) is 6.82. The van der Waals surface area contributed by atoms with Crippen molar-refractivity contribution in [2.45, 2.75) is 108 Å². The largest absolute Gasteiger partial charge is 0.508 e. The van der Waals surface area contributed by atoms with Gasteiger partial charge < -0.3 is 19.5 Å². The number of aromatic hydroxyl groups is 1. The number of hydrogen-bond acceptors (Lipinski definition) is 5. The molecular formula is C37H50N2O4. The van der Waals surface area contributed by atoms with E-state index >= 15 is 0 Å². The molecule has 1 spiro atoms. The van der Waals surface area contributed by atoms with E-state index in [0.717, 1.165) is 102 Å². The van der Waals surface area contributed by atoms with E-state index in [2.05, 4.69) is 53.6 Å². The summed E-state index contributed by atoms with van der Waals surface area (Å²) in [6, 6.07) is 12.7. The van der Waals surface area contributed by atoms with Gasteiger partial charge in [0, 0.05) is 48.2 Å². The van der Waals surface area contributed by atoms with E-state index in [1.165, 1.54) is 11.1 Å². The highest BCUT2D eigenvalue weighted by Gasteiger charge is 2.67. The van der Waals surface area contributed by atoms with Crippen LogP contribution in [0.5, 0.6) is 17.2 Å². The van der Waals surface area contributed by atoms with Gasteiger partial charge in [0.2, 0.25) is 5.91 Å². The summed E-state index contributed by atoms with van der Waals surface area (Å²) in [5.74, 6) is 2.45. The normalized spacial score (nSPS) is 26.8. The summed E-state index contributed by atoms with van der Waals surface area (Å²) in [4.78, 5) is 18.8. The summed E-state index contributed by atoms with van der Waals surface area (Å²) in [5, 5.41) is 11.3. The Bertz CT molecular complexity index is 1300. The van der Waals surface area contributed by atoms with Crippen molar-refractivity contribution in [2.75, 3.05) is 26.7 Å². The fourth-order valence-corrected chi connectivity index (χ4v) is 9.09. The number of benzene rings is 2. The summed E-state index contributed by atoms with van der Waals surface area (Å²) in [6.45, 7) is 8.88. The Morgan fingerprint density at radius 1 is 1.19 bits per heavy atom. The molecule has 2 heterocycles. The number of ether oxygens (including phenoxy) is 2. The highest BCUT2D eigenvalue weighted by atomic mass is 16.5. The fraction of sp³-hybridized carbons (Fsp3) is 0.595. The maximum atomic E-state index is 14.1. The lowest BCUT2D eigenvalue weighted by molar-refractivity contribution is -0.142. The molecule has 2 bridgehead atoms. The summed E-state index contributed by atoms with van der Waals surface area (Å²) < 4.78 is 12.8. The fourth-order valence-electron chi connectivity index (χ4n) is 9.09. The zero-order valence-electron chi connectivity index (χ0n) is 26.2. The number of aryl methyl sites for hydroxylation is 1. The van der Waals surface area contributed by atoms with E-state index in [1.54, 1.807) is 13.2 Å². The Morgan fingerprint density at radius 2 is 2.02 bits per heavy atom. The molecule has 0 aromatic heterocycles. The summed E-state index contributed by atoms with van der Waals surface area (Å²) >= 11 is 0. The highest BCUT2D eigenvalue weighted by Crippen LogP contribution is 2.65. The Kier molecular flexibility index (Phi) is 9.04. The molecule has 43 heavy (non-hydrogen) atoms. The SMILES string of the molecule is C=CCN1CC[C@]23c4c5c(O)cc(OC)c4O[C@H]2[C@H](N(CCCCC)C(=O)CCCCCc2ccccc2)CC[C@H]3[C@H]1C5. The number of amides is 1. The molecule has 0 radical (unpaired) electrons. The second kappa shape index (κ2) is 12.9. The lowest BCUT2D eigenvalue weighted by Gasteiger charge is -2.60. The van der Waals surface area contributed by atoms with Crippen molar-refractivity contribution in [1.29, 1.82) is 0 Å². The molecule has 1 saturated heterocycles. The summed E-state index contributed by atoms with van der Waals surface area (Å²) in [7, 11) is 1.66. The third kappa shape index (κ3) is 5.34. The molecule has 1 N–H and O–H groups in total. The number of phenolic OH excluding ortho intramolecular Hbond substituents is 1.